The van der Waals surface area contributed by atoms with Crippen LogP contribution in [0.15, 0.2) is 24.3 Å². The van der Waals surface area contributed by atoms with Gasteiger partial charge in [-0.25, -0.2) is 0 Å². The van der Waals surface area contributed by atoms with Gasteiger partial charge in [-0.15, -0.1) is 0 Å². The lowest BCUT2D eigenvalue weighted by Crippen LogP contribution is -2.31. The van der Waals surface area contributed by atoms with Crippen LogP contribution in [0.1, 0.15) is 25.8 Å². The van der Waals surface area contributed by atoms with Gasteiger partial charge in [0.1, 0.15) is 5.75 Å². The van der Waals surface area contributed by atoms with Gasteiger partial charge in [-0.2, -0.15) is 8.78 Å². The minimum absolute atomic E-state index is 0.0380. The molecule has 0 aliphatic heterocycles. The molecule has 0 saturated carbocycles. The van der Waals surface area contributed by atoms with Crippen molar-refractivity contribution in [3.05, 3.63) is 29.8 Å². The van der Waals surface area contributed by atoms with Gasteiger partial charge in [-0.05, 0) is 17.7 Å². The molecule has 0 atom stereocenters. The van der Waals surface area contributed by atoms with Gasteiger partial charge in [0.15, 0.2) is 0 Å². The van der Waals surface area contributed by atoms with E-state index in [1.807, 2.05) is 13.8 Å². The van der Waals surface area contributed by atoms with Gasteiger partial charge < -0.3 is 15.0 Å². The summed E-state index contributed by atoms with van der Waals surface area (Å²) >= 11 is 0. The average Bonchev–Trinajstić information content (AvgIpc) is 2.39. The Kier molecular flexibility index (Phi) is 7.08. The van der Waals surface area contributed by atoms with Crippen molar-refractivity contribution in [3.63, 3.8) is 0 Å². The Balaban J connectivity index is 2.43. The summed E-state index contributed by atoms with van der Waals surface area (Å²) in [6.07, 6.45) is 0.432. The number of carbonyl (C=O) groups excluding carboxylic acids is 1. The molecule has 0 aliphatic rings. The molecule has 1 rings (SSSR count). The van der Waals surface area contributed by atoms with Gasteiger partial charge in [0.25, 0.3) is 0 Å². The monoisotopic (exact) mass is 300 g/mol. The van der Waals surface area contributed by atoms with Gasteiger partial charge in [-0.1, -0.05) is 26.0 Å². The van der Waals surface area contributed by atoms with E-state index in [-0.39, 0.29) is 11.7 Å². The SMILES string of the molecule is CC(C)NCCC(=O)N(C)Cc1ccc(OC(F)F)cc1. The van der Waals surface area contributed by atoms with Crippen LogP contribution in [0.2, 0.25) is 0 Å². The molecule has 0 aromatic heterocycles. The molecule has 0 saturated heterocycles. The number of hydrogen-bond donors (Lipinski definition) is 1. The predicted octanol–water partition coefficient (Wildman–Crippen LogP) is 2.63. The summed E-state index contributed by atoms with van der Waals surface area (Å²) in [6.45, 7) is 2.31. The van der Waals surface area contributed by atoms with Crippen molar-refractivity contribution in [1.82, 2.24) is 10.2 Å². The molecule has 0 spiro atoms. The normalized spacial score (nSPS) is 11.0. The van der Waals surface area contributed by atoms with Crippen LogP contribution in [0.3, 0.4) is 0 Å². The largest absolute Gasteiger partial charge is 0.435 e. The van der Waals surface area contributed by atoms with Crippen LogP contribution in [0.4, 0.5) is 8.78 Å². The van der Waals surface area contributed by atoms with Crippen molar-refractivity contribution >= 4 is 5.91 Å². The maximum absolute atomic E-state index is 12.0. The van der Waals surface area contributed by atoms with Crippen molar-refractivity contribution in [2.45, 2.75) is 39.5 Å². The van der Waals surface area contributed by atoms with E-state index in [2.05, 4.69) is 10.1 Å². The van der Waals surface area contributed by atoms with E-state index in [4.69, 9.17) is 0 Å². The van der Waals surface area contributed by atoms with Crippen molar-refractivity contribution in [3.8, 4) is 5.75 Å². The third kappa shape index (κ3) is 7.04. The molecule has 0 fully saturated rings. The third-order valence-corrected chi connectivity index (χ3v) is 2.89. The van der Waals surface area contributed by atoms with Crippen molar-refractivity contribution in [2.75, 3.05) is 13.6 Å². The lowest BCUT2D eigenvalue weighted by atomic mass is 10.2. The molecule has 118 valence electrons. The average molecular weight is 300 g/mol. The maximum atomic E-state index is 12.0. The zero-order valence-corrected chi connectivity index (χ0v) is 12.6. The second-order valence-corrected chi connectivity index (χ2v) is 5.13. The number of benzene rings is 1. The van der Waals surface area contributed by atoms with Crippen LogP contribution in [0.25, 0.3) is 0 Å². The molecule has 0 bridgehead atoms. The van der Waals surface area contributed by atoms with Crippen LogP contribution in [0, 0.1) is 0 Å². The first-order valence-corrected chi connectivity index (χ1v) is 6.89. The summed E-state index contributed by atoms with van der Waals surface area (Å²) < 4.78 is 28.3. The standard InChI is InChI=1S/C15H22F2N2O2/c1-11(2)18-9-8-14(20)19(3)10-12-4-6-13(7-5-12)21-15(16)17/h4-7,11,15,18H,8-10H2,1-3H3. The van der Waals surface area contributed by atoms with E-state index < -0.39 is 6.61 Å². The van der Waals surface area contributed by atoms with Crippen LogP contribution >= 0.6 is 0 Å². The lowest BCUT2D eigenvalue weighted by molar-refractivity contribution is -0.130. The molecule has 1 aromatic rings. The number of hydrogen-bond acceptors (Lipinski definition) is 3. The molecule has 0 unspecified atom stereocenters. The Hall–Kier alpha value is -1.69. The van der Waals surface area contributed by atoms with E-state index in [0.717, 1.165) is 5.56 Å². The summed E-state index contributed by atoms with van der Waals surface area (Å²) in [4.78, 5) is 13.5. The maximum Gasteiger partial charge on any atom is 0.387 e. The zero-order valence-electron chi connectivity index (χ0n) is 12.6. The van der Waals surface area contributed by atoms with Crippen LogP contribution in [-0.2, 0) is 11.3 Å². The zero-order chi connectivity index (χ0) is 15.8. The molecule has 4 nitrogen and oxygen atoms in total. The number of halogens is 2. The number of alkyl halides is 2. The Morgan fingerprint density at radius 1 is 1.29 bits per heavy atom. The molecule has 6 heteroatoms. The molecule has 0 aliphatic carbocycles. The first-order chi connectivity index (χ1) is 9.88. The number of nitrogens with zero attached hydrogens (tertiary/aromatic N) is 1. The summed E-state index contributed by atoms with van der Waals surface area (Å²) in [7, 11) is 1.72. The Morgan fingerprint density at radius 3 is 2.43 bits per heavy atom. The number of ether oxygens (including phenoxy) is 1. The van der Waals surface area contributed by atoms with Gasteiger partial charge in [-0.3, -0.25) is 4.79 Å². The highest BCUT2D eigenvalue weighted by molar-refractivity contribution is 5.76. The molecule has 0 heterocycles. The second-order valence-electron chi connectivity index (χ2n) is 5.13. The number of nitrogens with one attached hydrogen (secondary N) is 1. The van der Waals surface area contributed by atoms with Gasteiger partial charge in [0.2, 0.25) is 5.91 Å². The number of amides is 1. The van der Waals surface area contributed by atoms with E-state index in [0.29, 0.717) is 25.6 Å². The smallest absolute Gasteiger partial charge is 0.387 e. The van der Waals surface area contributed by atoms with E-state index in [1.165, 1.54) is 12.1 Å². The highest BCUT2D eigenvalue weighted by Crippen LogP contribution is 2.15. The predicted molar refractivity (Wildman–Crippen MR) is 77.3 cm³/mol. The first-order valence-electron chi connectivity index (χ1n) is 6.89. The molecular weight excluding hydrogens is 278 g/mol. The fourth-order valence-electron chi connectivity index (χ4n) is 1.80. The van der Waals surface area contributed by atoms with Crippen LogP contribution in [0.5, 0.6) is 5.75 Å². The highest BCUT2D eigenvalue weighted by Gasteiger charge is 2.10. The molecular formula is C15H22F2N2O2. The molecule has 1 N–H and O–H groups in total. The van der Waals surface area contributed by atoms with Crippen LogP contribution in [-0.4, -0.2) is 37.1 Å². The quantitative estimate of drug-likeness (QED) is 0.802. The molecule has 1 amide bonds. The Morgan fingerprint density at radius 2 is 1.90 bits per heavy atom. The van der Waals surface area contributed by atoms with Crippen LogP contribution < -0.4 is 10.1 Å². The minimum atomic E-state index is -2.83. The Labute approximate surface area is 124 Å². The fourth-order valence-corrected chi connectivity index (χ4v) is 1.80. The summed E-state index contributed by atoms with van der Waals surface area (Å²) in [6, 6.07) is 6.65. The number of rotatable bonds is 8. The molecule has 21 heavy (non-hydrogen) atoms. The summed E-state index contributed by atoms with van der Waals surface area (Å²) in [5.74, 6) is 0.153. The lowest BCUT2D eigenvalue weighted by Gasteiger charge is -2.18. The van der Waals surface area contributed by atoms with E-state index in [1.54, 1.807) is 24.1 Å². The third-order valence-electron chi connectivity index (χ3n) is 2.89. The van der Waals surface area contributed by atoms with Crippen molar-refractivity contribution in [2.24, 2.45) is 0 Å². The number of carbonyl (C=O) groups is 1. The highest BCUT2D eigenvalue weighted by atomic mass is 19.3. The second kappa shape index (κ2) is 8.56. The molecule has 0 radical (unpaired) electrons. The van der Waals surface area contributed by atoms with E-state index >= 15 is 0 Å². The first kappa shape index (κ1) is 17.4. The summed E-state index contributed by atoms with van der Waals surface area (Å²) in [5.41, 5.74) is 0.865. The topological polar surface area (TPSA) is 41.6 Å². The van der Waals surface area contributed by atoms with Crippen molar-refractivity contribution < 1.29 is 18.3 Å². The van der Waals surface area contributed by atoms with Crippen molar-refractivity contribution in [1.29, 1.82) is 0 Å². The Bertz CT molecular complexity index is 436. The van der Waals surface area contributed by atoms with Gasteiger partial charge in [0.05, 0.1) is 0 Å². The summed E-state index contributed by atoms with van der Waals surface area (Å²) in [5, 5.41) is 3.19. The molecule has 1 aromatic carbocycles. The minimum Gasteiger partial charge on any atom is -0.435 e. The van der Waals surface area contributed by atoms with Gasteiger partial charge in [0, 0.05) is 32.6 Å². The van der Waals surface area contributed by atoms with Gasteiger partial charge >= 0.3 is 6.61 Å². The fraction of sp³-hybridized carbons (Fsp3) is 0.533. The van der Waals surface area contributed by atoms with E-state index in [9.17, 15) is 13.6 Å².